The van der Waals surface area contributed by atoms with Crippen LogP contribution in [-0.2, 0) is 28.9 Å². The molecule has 290 valence electrons. The third-order valence-electron chi connectivity index (χ3n) is 12.0. The highest BCUT2D eigenvalue weighted by atomic mass is 19.4. The van der Waals surface area contributed by atoms with E-state index in [1.165, 1.54) is 29.8 Å². The zero-order valence-corrected chi connectivity index (χ0v) is 31.5. The Bertz CT molecular complexity index is 2710. The van der Waals surface area contributed by atoms with Gasteiger partial charge in [-0.15, -0.1) is 0 Å². The van der Waals surface area contributed by atoms with E-state index in [1.807, 2.05) is 71.6 Å². The molecule has 1 saturated heterocycles. The molecule has 7 aromatic rings. The number of aryl methyl sites for hydroxylation is 1. The molecule has 1 fully saturated rings. The van der Waals surface area contributed by atoms with E-state index in [-0.39, 0.29) is 17.6 Å². The van der Waals surface area contributed by atoms with Gasteiger partial charge in [0, 0.05) is 34.1 Å². The first-order chi connectivity index (χ1) is 27.8. The number of alkyl halides is 6. The number of hydrogen-bond acceptors (Lipinski definition) is 3. The standard InChI is InChI=1S/C49H36F6N2O/c1-47(2)26-25-37-42(57(32-11-7-4-8-12-32)34-19-15-30(16-20-34)49(53,54)55)24-23-38-43(37)41(47)28-39-36-22-21-35(27-40(36)45-46(58-45)44(38)39)56(31-9-5-3-6-10-31)33-17-13-29(14-18-33)48(50,51)52/h3-24,27-28,45-46H,25-26H2,1-2H3. The Balaban J connectivity index is 1.12. The Morgan fingerprint density at radius 3 is 1.67 bits per heavy atom. The molecule has 9 heteroatoms. The molecule has 1 aliphatic heterocycles. The highest BCUT2D eigenvalue weighted by molar-refractivity contribution is 6.03. The van der Waals surface area contributed by atoms with Crippen molar-refractivity contribution in [3.63, 3.8) is 0 Å². The topological polar surface area (TPSA) is 19.0 Å². The molecule has 0 saturated carbocycles. The van der Waals surface area contributed by atoms with Gasteiger partial charge in [0.2, 0.25) is 0 Å². The predicted molar refractivity (Wildman–Crippen MR) is 217 cm³/mol. The van der Waals surface area contributed by atoms with E-state index in [0.717, 1.165) is 98.4 Å². The Labute approximate surface area is 331 Å². The largest absolute Gasteiger partial charge is 0.416 e. The van der Waals surface area contributed by atoms with Crippen LogP contribution in [0.25, 0.3) is 21.9 Å². The van der Waals surface area contributed by atoms with E-state index >= 15 is 0 Å². The monoisotopic (exact) mass is 782 g/mol. The maximum atomic E-state index is 13.6. The lowest BCUT2D eigenvalue weighted by Crippen LogP contribution is -2.25. The lowest BCUT2D eigenvalue weighted by molar-refractivity contribution is -0.138. The van der Waals surface area contributed by atoms with E-state index in [2.05, 4.69) is 49.1 Å². The van der Waals surface area contributed by atoms with E-state index in [1.54, 1.807) is 0 Å². The average Bonchev–Trinajstić information content (AvgIpc) is 4.02. The van der Waals surface area contributed by atoms with Gasteiger partial charge in [-0.25, -0.2) is 0 Å². The molecule has 1 heterocycles. The summed E-state index contributed by atoms with van der Waals surface area (Å²) in [5, 5.41) is 2.27. The Morgan fingerprint density at radius 2 is 1.09 bits per heavy atom. The highest BCUT2D eigenvalue weighted by Gasteiger charge is 2.50. The van der Waals surface area contributed by atoms with Crippen molar-refractivity contribution in [2.75, 3.05) is 9.80 Å². The van der Waals surface area contributed by atoms with Crippen molar-refractivity contribution in [1.29, 1.82) is 0 Å². The van der Waals surface area contributed by atoms with Crippen molar-refractivity contribution < 1.29 is 31.1 Å². The fraction of sp³-hybridized carbons (Fsp3) is 0.184. The first kappa shape index (κ1) is 36.3. The number of fused-ring (bicyclic) bond motifs is 7. The molecule has 0 amide bonds. The van der Waals surface area contributed by atoms with Gasteiger partial charge in [-0.05, 0) is 159 Å². The smallest absolute Gasteiger partial charge is 0.359 e. The molecular weight excluding hydrogens is 747 g/mol. The van der Waals surface area contributed by atoms with Gasteiger partial charge in [-0.3, -0.25) is 0 Å². The fourth-order valence-corrected chi connectivity index (χ4v) is 9.07. The maximum absolute atomic E-state index is 13.6. The molecule has 58 heavy (non-hydrogen) atoms. The van der Waals surface area contributed by atoms with Crippen LogP contribution in [0.2, 0.25) is 0 Å². The minimum Gasteiger partial charge on any atom is -0.359 e. The predicted octanol–water partition coefficient (Wildman–Crippen LogP) is 14.8. The van der Waals surface area contributed by atoms with Gasteiger partial charge in [0.25, 0.3) is 0 Å². The van der Waals surface area contributed by atoms with Gasteiger partial charge < -0.3 is 14.5 Å². The SMILES string of the molecule is CC1(C)CCc2c(N(c3ccccc3)c3ccc(C(F)(F)F)cc3)ccc3c4c(cc1c23)-c1ccc(N(c2ccccc2)c2ccc(C(F)(F)F)cc2)cc1C1OC41. The van der Waals surface area contributed by atoms with E-state index in [9.17, 15) is 26.3 Å². The van der Waals surface area contributed by atoms with Crippen LogP contribution in [0.4, 0.5) is 60.5 Å². The van der Waals surface area contributed by atoms with Gasteiger partial charge >= 0.3 is 12.4 Å². The second-order valence-corrected chi connectivity index (χ2v) is 15.9. The summed E-state index contributed by atoms with van der Waals surface area (Å²) >= 11 is 0. The number of anilines is 6. The molecule has 2 unspecified atom stereocenters. The second-order valence-electron chi connectivity index (χ2n) is 15.9. The van der Waals surface area contributed by atoms with E-state index in [0.29, 0.717) is 11.4 Å². The third kappa shape index (κ3) is 5.94. The van der Waals surface area contributed by atoms with Gasteiger partial charge in [0.1, 0.15) is 12.2 Å². The van der Waals surface area contributed by atoms with Crippen LogP contribution < -0.4 is 9.80 Å². The Kier molecular flexibility index (Phi) is 8.12. The summed E-state index contributed by atoms with van der Waals surface area (Å²) in [7, 11) is 0. The summed E-state index contributed by atoms with van der Waals surface area (Å²) in [4.78, 5) is 4.02. The summed E-state index contributed by atoms with van der Waals surface area (Å²) < 4.78 is 88.0. The Hall–Kier alpha value is -6.06. The zero-order chi connectivity index (χ0) is 40.1. The van der Waals surface area contributed by atoms with Crippen molar-refractivity contribution in [3.8, 4) is 11.1 Å². The fourth-order valence-electron chi connectivity index (χ4n) is 9.07. The second kappa shape index (κ2) is 13.0. The van der Waals surface area contributed by atoms with Crippen LogP contribution in [0, 0.1) is 0 Å². The van der Waals surface area contributed by atoms with Crippen LogP contribution in [0.15, 0.2) is 146 Å². The van der Waals surface area contributed by atoms with Crippen molar-refractivity contribution in [1.82, 2.24) is 0 Å². The van der Waals surface area contributed by atoms with Gasteiger partial charge in [0.15, 0.2) is 0 Å². The normalized spacial score (nSPS) is 17.6. The number of nitrogens with zero attached hydrogens (tertiary/aromatic N) is 2. The number of hydrogen-bond donors (Lipinski definition) is 0. The minimum atomic E-state index is -4.44. The number of ether oxygens (including phenoxy) is 1. The van der Waals surface area contributed by atoms with Crippen molar-refractivity contribution in [2.45, 2.75) is 56.7 Å². The number of para-hydroxylation sites is 2. The first-order valence-corrected chi connectivity index (χ1v) is 19.3. The molecule has 3 nitrogen and oxygen atoms in total. The van der Waals surface area contributed by atoms with E-state index in [4.69, 9.17) is 4.74 Å². The molecule has 2 aliphatic carbocycles. The van der Waals surface area contributed by atoms with Gasteiger partial charge in [-0.1, -0.05) is 62.4 Å². The molecule has 0 radical (unpaired) electrons. The summed E-state index contributed by atoms with van der Waals surface area (Å²) in [5.41, 5.74) is 9.69. The number of benzene rings is 7. The number of halogens is 6. The first-order valence-electron chi connectivity index (χ1n) is 19.3. The van der Waals surface area contributed by atoms with Crippen molar-refractivity contribution in [2.24, 2.45) is 0 Å². The molecule has 10 rings (SSSR count). The van der Waals surface area contributed by atoms with Crippen LogP contribution >= 0.6 is 0 Å². The van der Waals surface area contributed by atoms with Crippen LogP contribution in [-0.4, -0.2) is 0 Å². The molecule has 0 spiro atoms. The highest BCUT2D eigenvalue weighted by Crippen LogP contribution is 2.63. The summed E-state index contributed by atoms with van der Waals surface area (Å²) in [6.07, 6.45) is -7.62. The quantitative estimate of drug-likeness (QED) is 0.124. The minimum absolute atomic E-state index is 0.182. The summed E-state index contributed by atoms with van der Waals surface area (Å²) in [6, 6.07) is 42.7. The average molecular weight is 783 g/mol. The summed E-state index contributed by atoms with van der Waals surface area (Å²) in [5.74, 6) is 0. The van der Waals surface area contributed by atoms with Crippen LogP contribution in [0.1, 0.15) is 65.9 Å². The summed E-state index contributed by atoms with van der Waals surface area (Å²) in [6.45, 7) is 4.53. The molecular formula is C49H36F6N2O. The Morgan fingerprint density at radius 1 is 0.552 bits per heavy atom. The van der Waals surface area contributed by atoms with E-state index < -0.39 is 23.5 Å². The molecule has 0 aromatic heterocycles. The lowest BCUT2D eigenvalue weighted by Gasteiger charge is -2.37. The van der Waals surface area contributed by atoms with Crippen molar-refractivity contribution in [3.05, 3.63) is 179 Å². The molecule has 7 aromatic carbocycles. The number of rotatable bonds is 6. The number of epoxide rings is 1. The van der Waals surface area contributed by atoms with Gasteiger partial charge in [0.05, 0.1) is 11.1 Å². The third-order valence-corrected chi connectivity index (χ3v) is 12.0. The zero-order valence-electron chi connectivity index (χ0n) is 31.5. The molecule has 0 bridgehead atoms. The molecule has 3 aliphatic rings. The van der Waals surface area contributed by atoms with Crippen LogP contribution in [0.5, 0.6) is 0 Å². The molecule has 0 N–H and O–H groups in total. The maximum Gasteiger partial charge on any atom is 0.416 e. The van der Waals surface area contributed by atoms with Crippen LogP contribution in [0.3, 0.4) is 0 Å². The lowest BCUT2D eigenvalue weighted by atomic mass is 9.69. The van der Waals surface area contributed by atoms with Gasteiger partial charge in [-0.2, -0.15) is 26.3 Å². The van der Waals surface area contributed by atoms with Crippen molar-refractivity contribution >= 4 is 44.9 Å². The molecule has 2 atom stereocenters.